The maximum atomic E-state index is 13.2. The minimum Gasteiger partial charge on any atom is -0.464 e. The molecule has 2 amide bonds. The first-order chi connectivity index (χ1) is 13.7. The van der Waals surface area contributed by atoms with Crippen LogP contribution >= 0.6 is 0 Å². The third-order valence-electron chi connectivity index (χ3n) is 5.17. The summed E-state index contributed by atoms with van der Waals surface area (Å²) in [6.45, 7) is 7.01. The van der Waals surface area contributed by atoms with Crippen LogP contribution in [0.2, 0.25) is 0 Å². The minimum atomic E-state index is -1.15. The maximum absolute atomic E-state index is 13.2. The summed E-state index contributed by atoms with van der Waals surface area (Å²) in [4.78, 5) is 42.0. The van der Waals surface area contributed by atoms with Gasteiger partial charge in [-0.25, -0.2) is 4.79 Å². The number of carbonyl (C=O) groups is 3. The molecule has 0 radical (unpaired) electrons. The average Bonchev–Trinajstić information content (AvgIpc) is 3.09. The van der Waals surface area contributed by atoms with Crippen LogP contribution in [0.15, 0.2) is 30.5 Å². The zero-order chi connectivity index (χ0) is 21.6. The number of hydrogen-bond donors (Lipinski definition) is 2. The normalized spacial score (nSPS) is 12.4. The van der Waals surface area contributed by atoms with E-state index in [4.69, 9.17) is 4.74 Å². The van der Waals surface area contributed by atoms with Gasteiger partial charge in [0.1, 0.15) is 11.6 Å². The Kier molecular flexibility index (Phi) is 7.42. The van der Waals surface area contributed by atoms with Crippen molar-refractivity contribution in [1.29, 1.82) is 0 Å². The number of benzene rings is 1. The number of esters is 1. The van der Waals surface area contributed by atoms with E-state index in [-0.39, 0.29) is 11.8 Å². The van der Waals surface area contributed by atoms with Crippen molar-refractivity contribution < 1.29 is 19.1 Å². The minimum absolute atomic E-state index is 0.306. The summed E-state index contributed by atoms with van der Waals surface area (Å²) >= 11 is 0. The summed E-state index contributed by atoms with van der Waals surface area (Å²) < 4.78 is 5.32. The molecule has 1 aromatic heterocycles. The van der Waals surface area contributed by atoms with Gasteiger partial charge in [0.2, 0.25) is 11.8 Å². The maximum Gasteiger partial charge on any atom is 0.331 e. The summed E-state index contributed by atoms with van der Waals surface area (Å²) in [5.74, 6) is -1.11. The summed E-state index contributed by atoms with van der Waals surface area (Å²) in [7, 11) is 1.56. The highest BCUT2D eigenvalue weighted by Gasteiger charge is 2.39. The van der Waals surface area contributed by atoms with E-state index in [9.17, 15) is 14.4 Å². The summed E-state index contributed by atoms with van der Waals surface area (Å²) in [6, 6.07) is 6.99. The van der Waals surface area contributed by atoms with Crippen LogP contribution in [-0.4, -0.2) is 52.9 Å². The summed E-state index contributed by atoms with van der Waals surface area (Å²) in [5.41, 5.74) is 0.732. The molecule has 0 bridgehead atoms. The third-order valence-corrected chi connectivity index (χ3v) is 5.17. The number of ether oxygens (including phenoxy) is 1. The molecule has 2 aromatic rings. The second-order valence-corrected chi connectivity index (χ2v) is 7.76. The van der Waals surface area contributed by atoms with Crippen LogP contribution in [0, 0.1) is 0 Å². The lowest BCUT2D eigenvalue weighted by molar-refractivity contribution is -0.161. The van der Waals surface area contributed by atoms with Crippen LogP contribution in [0.25, 0.3) is 10.9 Å². The molecular formula is C22H31N3O4. The first-order valence-electron chi connectivity index (χ1n) is 9.95. The fraction of sp³-hybridized carbons (Fsp3) is 0.500. The Morgan fingerprint density at radius 1 is 1.24 bits per heavy atom. The number of aromatic amines is 1. The number of para-hydroxylation sites is 1. The van der Waals surface area contributed by atoms with Crippen LogP contribution in [0.5, 0.6) is 0 Å². The molecule has 0 unspecified atom stereocenters. The molecule has 0 aliphatic heterocycles. The number of nitrogens with zero attached hydrogens (tertiary/aromatic N) is 1. The Balaban J connectivity index is 2.21. The number of aromatic nitrogens is 1. The molecule has 7 nitrogen and oxygen atoms in total. The van der Waals surface area contributed by atoms with Crippen molar-refractivity contribution in [3.05, 3.63) is 36.0 Å². The van der Waals surface area contributed by atoms with Gasteiger partial charge in [-0.3, -0.25) is 9.59 Å². The first-order valence-corrected chi connectivity index (χ1v) is 9.95. The van der Waals surface area contributed by atoms with Gasteiger partial charge in [-0.2, -0.15) is 0 Å². The Labute approximate surface area is 171 Å². The molecule has 0 aliphatic rings. The van der Waals surface area contributed by atoms with E-state index in [0.29, 0.717) is 13.0 Å². The van der Waals surface area contributed by atoms with Gasteiger partial charge < -0.3 is 19.9 Å². The molecule has 0 fully saturated rings. The van der Waals surface area contributed by atoms with E-state index < -0.39 is 17.6 Å². The molecular weight excluding hydrogens is 370 g/mol. The smallest absolute Gasteiger partial charge is 0.331 e. The predicted molar refractivity (Wildman–Crippen MR) is 112 cm³/mol. The third kappa shape index (κ3) is 5.37. The number of fused-ring (bicyclic) bond motifs is 1. The van der Waals surface area contributed by atoms with Gasteiger partial charge in [-0.05, 0) is 31.9 Å². The molecule has 1 heterocycles. The zero-order valence-electron chi connectivity index (χ0n) is 17.9. The van der Waals surface area contributed by atoms with E-state index in [2.05, 4.69) is 10.3 Å². The lowest BCUT2D eigenvalue weighted by atomic mass is 9.99. The first kappa shape index (κ1) is 22.5. The van der Waals surface area contributed by atoms with Gasteiger partial charge in [0.05, 0.1) is 6.61 Å². The summed E-state index contributed by atoms with van der Waals surface area (Å²) in [5, 5.41) is 3.73. The van der Waals surface area contributed by atoms with Gasteiger partial charge in [0.25, 0.3) is 0 Å². The fourth-order valence-corrected chi connectivity index (χ4v) is 3.10. The van der Waals surface area contributed by atoms with Crippen molar-refractivity contribution >= 4 is 28.7 Å². The standard InChI is InChI=1S/C22H31N3O4/c1-6-7-12-29-21(28)22(3,4)25(5)20(27)19(24-15(2)26)13-16-14-23-18-11-9-8-10-17(16)18/h8-11,14,19,23H,6-7,12-13H2,1-5H3,(H,24,26)/t19-/m1/s1. The van der Waals surface area contributed by atoms with Crippen molar-refractivity contribution in [2.45, 2.75) is 58.5 Å². The van der Waals surface area contributed by atoms with Crippen LogP contribution in [-0.2, 0) is 25.5 Å². The summed E-state index contributed by atoms with van der Waals surface area (Å²) in [6.07, 6.45) is 3.84. The molecule has 2 rings (SSSR count). The molecule has 1 aromatic carbocycles. The SMILES string of the molecule is CCCCOC(=O)C(C)(C)N(C)C(=O)[C@@H](Cc1c[nH]c2ccccc12)NC(C)=O. The van der Waals surface area contributed by atoms with Crippen molar-refractivity contribution in [2.24, 2.45) is 0 Å². The molecule has 0 saturated heterocycles. The van der Waals surface area contributed by atoms with Crippen LogP contribution in [0.1, 0.15) is 46.1 Å². The van der Waals surface area contributed by atoms with Gasteiger partial charge in [-0.15, -0.1) is 0 Å². The quantitative estimate of drug-likeness (QED) is 0.499. The largest absolute Gasteiger partial charge is 0.464 e. The number of hydrogen-bond acceptors (Lipinski definition) is 4. The number of H-pyrrole nitrogens is 1. The molecule has 0 aliphatic carbocycles. The molecule has 1 atom stereocenters. The molecule has 158 valence electrons. The Hall–Kier alpha value is -2.83. The fourth-order valence-electron chi connectivity index (χ4n) is 3.10. The van der Waals surface area contributed by atoms with E-state index >= 15 is 0 Å². The number of nitrogens with one attached hydrogen (secondary N) is 2. The number of amides is 2. The monoisotopic (exact) mass is 401 g/mol. The van der Waals surface area contributed by atoms with E-state index in [1.807, 2.05) is 37.4 Å². The zero-order valence-corrected chi connectivity index (χ0v) is 17.9. The van der Waals surface area contributed by atoms with Gasteiger partial charge in [-0.1, -0.05) is 31.5 Å². The van der Waals surface area contributed by atoms with Gasteiger partial charge in [0.15, 0.2) is 0 Å². The lowest BCUT2D eigenvalue weighted by Crippen LogP contribution is -2.57. The number of carbonyl (C=O) groups excluding carboxylic acids is 3. The molecule has 0 saturated carbocycles. The van der Waals surface area contributed by atoms with E-state index in [1.54, 1.807) is 20.9 Å². The van der Waals surface area contributed by atoms with E-state index in [1.165, 1.54) is 11.8 Å². The molecule has 2 N–H and O–H groups in total. The number of unbranched alkanes of at least 4 members (excludes halogenated alkanes) is 1. The predicted octanol–water partition coefficient (Wildman–Crippen LogP) is 2.80. The van der Waals surface area contributed by atoms with Crippen molar-refractivity contribution in [1.82, 2.24) is 15.2 Å². The Morgan fingerprint density at radius 3 is 2.59 bits per heavy atom. The lowest BCUT2D eigenvalue weighted by Gasteiger charge is -2.35. The van der Waals surface area contributed by atoms with Gasteiger partial charge in [0, 0.05) is 37.5 Å². The van der Waals surface area contributed by atoms with Crippen molar-refractivity contribution in [3.8, 4) is 0 Å². The number of rotatable bonds is 9. The van der Waals surface area contributed by atoms with Crippen LogP contribution in [0.3, 0.4) is 0 Å². The van der Waals surface area contributed by atoms with Gasteiger partial charge >= 0.3 is 5.97 Å². The molecule has 29 heavy (non-hydrogen) atoms. The highest BCUT2D eigenvalue weighted by atomic mass is 16.5. The topological polar surface area (TPSA) is 91.5 Å². The highest BCUT2D eigenvalue weighted by Crippen LogP contribution is 2.21. The van der Waals surface area contributed by atoms with Crippen LogP contribution in [0.4, 0.5) is 0 Å². The molecule has 7 heteroatoms. The second kappa shape index (κ2) is 9.58. The Morgan fingerprint density at radius 2 is 1.93 bits per heavy atom. The van der Waals surface area contributed by atoms with Crippen LogP contribution < -0.4 is 5.32 Å². The molecule has 0 spiro atoms. The highest BCUT2D eigenvalue weighted by molar-refractivity contribution is 5.93. The van der Waals surface area contributed by atoms with E-state index in [0.717, 1.165) is 29.3 Å². The second-order valence-electron chi connectivity index (χ2n) is 7.76. The Bertz CT molecular complexity index is 872. The van der Waals surface area contributed by atoms with Crippen molar-refractivity contribution in [3.63, 3.8) is 0 Å². The average molecular weight is 402 g/mol. The van der Waals surface area contributed by atoms with Crippen molar-refractivity contribution in [2.75, 3.05) is 13.7 Å². The number of likely N-dealkylation sites (N-methyl/N-ethyl adjacent to an activating group) is 1.